The van der Waals surface area contributed by atoms with E-state index in [2.05, 4.69) is 37.8 Å². The molecule has 0 bridgehead atoms. The minimum absolute atomic E-state index is 0.109. The van der Waals surface area contributed by atoms with E-state index >= 15 is 0 Å². The van der Waals surface area contributed by atoms with Gasteiger partial charge in [-0.3, -0.25) is 0 Å². The van der Waals surface area contributed by atoms with Gasteiger partial charge in [-0.1, -0.05) is 45.7 Å². The minimum Gasteiger partial charge on any atom is -0.339 e. The van der Waals surface area contributed by atoms with Crippen molar-refractivity contribution in [1.82, 2.24) is 10.1 Å². The lowest BCUT2D eigenvalue weighted by atomic mass is 9.76. The first-order valence-electron chi connectivity index (χ1n) is 6.45. The topological polar surface area (TPSA) is 64.9 Å². The second-order valence-corrected chi connectivity index (χ2v) is 6.53. The predicted octanol–water partition coefficient (Wildman–Crippen LogP) is 2.73. The zero-order valence-electron chi connectivity index (χ0n) is 11.3. The molecular weight excluding hydrogens is 214 g/mol. The molecule has 1 fully saturated rings. The van der Waals surface area contributed by atoms with Crippen LogP contribution in [0.25, 0.3) is 0 Å². The molecule has 1 aromatic rings. The molecule has 2 rings (SSSR count). The van der Waals surface area contributed by atoms with Crippen molar-refractivity contribution >= 4 is 0 Å². The molecule has 1 saturated carbocycles. The van der Waals surface area contributed by atoms with Gasteiger partial charge in [-0.15, -0.1) is 0 Å². The Hall–Kier alpha value is -0.900. The average Bonchev–Trinajstić information content (AvgIpc) is 2.65. The van der Waals surface area contributed by atoms with Crippen molar-refractivity contribution in [2.45, 2.75) is 64.3 Å². The van der Waals surface area contributed by atoms with Crippen molar-refractivity contribution in [2.75, 3.05) is 0 Å². The van der Waals surface area contributed by atoms with Gasteiger partial charge in [0.05, 0.1) is 5.54 Å². The first-order chi connectivity index (χ1) is 7.81. The van der Waals surface area contributed by atoms with Crippen LogP contribution in [0.4, 0.5) is 0 Å². The Bertz CT molecular complexity index is 394. The van der Waals surface area contributed by atoms with Crippen molar-refractivity contribution in [1.29, 1.82) is 0 Å². The van der Waals surface area contributed by atoms with Gasteiger partial charge in [0.1, 0.15) is 0 Å². The summed E-state index contributed by atoms with van der Waals surface area (Å²) in [5.74, 6) is 2.01. The van der Waals surface area contributed by atoms with E-state index < -0.39 is 0 Å². The van der Waals surface area contributed by atoms with Crippen LogP contribution in [0.15, 0.2) is 4.52 Å². The van der Waals surface area contributed by atoms with Crippen LogP contribution in [0.3, 0.4) is 0 Å². The maximum atomic E-state index is 6.44. The van der Waals surface area contributed by atoms with Crippen LogP contribution in [-0.4, -0.2) is 10.1 Å². The quantitative estimate of drug-likeness (QED) is 0.815. The third-order valence-corrected chi connectivity index (χ3v) is 3.55. The van der Waals surface area contributed by atoms with E-state index in [1.165, 1.54) is 6.42 Å². The van der Waals surface area contributed by atoms with Crippen LogP contribution in [0.1, 0.15) is 65.1 Å². The van der Waals surface area contributed by atoms with Crippen molar-refractivity contribution in [2.24, 2.45) is 11.7 Å². The van der Waals surface area contributed by atoms with Gasteiger partial charge in [0.2, 0.25) is 5.89 Å². The van der Waals surface area contributed by atoms with E-state index in [-0.39, 0.29) is 11.0 Å². The van der Waals surface area contributed by atoms with Gasteiger partial charge in [-0.05, 0) is 18.8 Å². The van der Waals surface area contributed by atoms with Crippen LogP contribution in [0.2, 0.25) is 0 Å². The van der Waals surface area contributed by atoms with Gasteiger partial charge >= 0.3 is 0 Å². The van der Waals surface area contributed by atoms with Crippen LogP contribution >= 0.6 is 0 Å². The molecule has 96 valence electrons. The number of hydrogen-bond donors (Lipinski definition) is 1. The molecule has 1 aliphatic rings. The van der Waals surface area contributed by atoms with Crippen LogP contribution in [0, 0.1) is 5.92 Å². The molecule has 2 atom stereocenters. The van der Waals surface area contributed by atoms with Crippen molar-refractivity contribution in [3.8, 4) is 0 Å². The zero-order valence-corrected chi connectivity index (χ0v) is 11.3. The molecule has 17 heavy (non-hydrogen) atoms. The van der Waals surface area contributed by atoms with Gasteiger partial charge < -0.3 is 10.3 Å². The Morgan fingerprint density at radius 2 is 2.12 bits per heavy atom. The smallest absolute Gasteiger partial charge is 0.232 e. The molecule has 2 unspecified atom stereocenters. The van der Waals surface area contributed by atoms with Crippen molar-refractivity contribution in [3.63, 3.8) is 0 Å². The first kappa shape index (κ1) is 12.6. The second-order valence-electron chi connectivity index (χ2n) is 6.53. The van der Waals surface area contributed by atoms with Crippen LogP contribution < -0.4 is 5.73 Å². The Morgan fingerprint density at radius 1 is 1.41 bits per heavy atom. The number of hydrogen-bond acceptors (Lipinski definition) is 4. The molecule has 0 radical (unpaired) electrons. The summed E-state index contributed by atoms with van der Waals surface area (Å²) >= 11 is 0. The standard InChI is InChI=1S/C13H23N3O/c1-9-6-5-7-13(14,8-9)10-15-11(17-16-10)12(2,3)4/h9H,5-8,14H2,1-4H3. The van der Waals surface area contributed by atoms with E-state index in [4.69, 9.17) is 10.3 Å². The maximum absolute atomic E-state index is 6.44. The highest BCUT2D eigenvalue weighted by atomic mass is 16.5. The Kier molecular flexibility index (Phi) is 3.02. The predicted molar refractivity (Wildman–Crippen MR) is 66.5 cm³/mol. The molecule has 0 saturated heterocycles. The maximum Gasteiger partial charge on any atom is 0.232 e. The third-order valence-electron chi connectivity index (χ3n) is 3.55. The molecule has 4 heteroatoms. The molecular formula is C13H23N3O. The fourth-order valence-corrected chi connectivity index (χ4v) is 2.53. The summed E-state index contributed by atoms with van der Waals surface area (Å²) in [5, 5.41) is 4.10. The highest BCUT2D eigenvalue weighted by Crippen LogP contribution is 2.37. The Labute approximate surface area is 103 Å². The fourth-order valence-electron chi connectivity index (χ4n) is 2.53. The Balaban J connectivity index is 2.24. The number of aromatic nitrogens is 2. The molecule has 1 aliphatic carbocycles. The fraction of sp³-hybridized carbons (Fsp3) is 0.846. The second kappa shape index (κ2) is 4.09. The molecule has 4 nitrogen and oxygen atoms in total. The molecule has 0 aliphatic heterocycles. The summed E-state index contributed by atoms with van der Waals surface area (Å²) in [6.45, 7) is 8.44. The molecule has 0 aromatic carbocycles. The first-order valence-corrected chi connectivity index (χ1v) is 6.45. The highest BCUT2D eigenvalue weighted by Gasteiger charge is 2.37. The SMILES string of the molecule is CC1CCCC(N)(c2noc(C(C)(C)C)n2)C1. The highest BCUT2D eigenvalue weighted by molar-refractivity contribution is 5.08. The molecule has 1 heterocycles. The molecule has 2 N–H and O–H groups in total. The van der Waals surface area contributed by atoms with E-state index in [0.717, 1.165) is 19.3 Å². The lowest BCUT2D eigenvalue weighted by molar-refractivity contribution is 0.220. The third kappa shape index (κ3) is 2.51. The molecule has 1 aromatic heterocycles. The molecule has 0 amide bonds. The average molecular weight is 237 g/mol. The van der Waals surface area contributed by atoms with Gasteiger partial charge in [-0.2, -0.15) is 4.98 Å². The van der Waals surface area contributed by atoms with Gasteiger partial charge in [0, 0.05) is 5.41 Å². The summed E-state index contributed by atoms with van der Waals surface area (Å²) in [4.78, 5) is 4.51. The van der Waals surface area contributed by atoms with Gasteiger partial charge in [0.15, 0.2) is 5.82 Å². The summed E-state index contributed by atoms with van der Waals surface area (Å²) in [7, 11) is 0. The summed E-state index contributed by atoms with van der Waals surface area (Å²) in [5.41, 5.74) is 5.95. The van der Waals surface area contributed by atoms with E-state index in [1.54, 1.807) is 0 Å². The lowest BCUT2D eigenvalue weighted by Crippen LogP contribution is -2.42. The Morgan fingerprint density at radius 3 is 2.65 bits per heavy atom. The zero-order chi connectivity index (χ0) is 12.7. The van der Waals surface area contributed by atoms with Gasteiger partial charge in [0.25, 0.3) is 0 Å². The summed E-state index contributed by atoms with van der Waals surface area (Å²) in [6.07, 6.45) is 4.32. The largest absolute Gasteiger partial charge is 0.339 e. The van der Waals surface area contributed by atoms with Gasteiger partial charge in [-0.25, -0.2) is 0 Å². The summed E-state index contributed by atoms with van der Waals surface area (Å²) < 4.78 is 5.34. The number of rotatable bonds is 1. The monoisotopic (exact) mass is 237 g/mol. The van der Waals surface area contributed by atoms with E-state index in [0.29, 0.717) is 17.6 Å². The van der Waals surface area contributed by atoms with Crippen LogP contribution in [0.5, 0.6) is 0 Å². The van der Waals surface area contributed by atoms with E-state index in [1.807, 2.05) is 0 Å². The number of nitrogens with two attached hydrogens (primary N) is 1. The number of nitrogens with zero attached hydrogens (tertiary/aromatic N) is 2. The van der Waals surface area contributed by atoms with Crippen molar-refractivity contribution in [3.05, 3.63) is 11.7 Å². The van der Waals surface area contributed by atoms with Crippen LogP contribution in [-0.2, 0) is 11.0 Å². The minimum atomic E-state index is -0.384. The van der Waals surface area contributed by atoms with Crippen molar-refractivity contribution < 1.29 is 4.52 Å². The van der Waals surface area contributed by atoms with E-state index in [9.17, 15) is 0 Å². The summed E-state index contributed by atoms with van der Waals surface area (Å²) in [6, 6.07) is 0. The lowest BCUT2D eigenvalue weighted by Gasteiger charge is -2.33. The normalized spacial score (nSPS) is 30.5. The molecule has 0 spiro atoms.